The number of para-hydroxylation sites is 1. The van der Waals surface area contributed by atoms with Gasteiger partial charge in [-0.2, -0.15) is 5.10 Å². The lowest BCUT2D eigenvalue weighted by atomic mass is 10.2. The summed E-state index contributed by atoms with van der Waals surface area (Å²) in [5.41, 5.74) is 2.66. The van der Waals surface area contributed by atoms with Crippen LogP contribution in [0.15, 0.2) is 30.3 Å². The number of carbonyl (C=O) groups is 1. The van der Waals surface area contributed by atoms with Crippen LogP contribution in [0, 0.1) is 6.92 Å². The molecule has 0 aliphatic heterocycles. The number of likely N-dealkylation sites (N-methyl/N-ethyl adjacent to an activating group) is 1. The third kappa shape index (κ3) is 3.30. The molecule has 0 saturated heterocycles. The normalized spacial score (nSPS) is 13.9. The number of hydrogen-bond donors (Lipinski definition) is 1. The van der Waals surface area contributed by atoms with E-state index in [0.717, 1.165) is 17.0 Å². The lowest BCUT2D eigenvalue weighted by Gasteiger charge is -2.16. The minimum absolute atomic E-state index is 0.0727. The third-order valence-electron chi connectivity index (χ3n) is 3.96. The predicted octanol–water partition coefficient (Wildman–Crippen LogP) is 2.75. The first-order valence-corrected chi connectivity index (χ1v) is 7.64. The van der Waals surface area contributed by atoms with Gasteiger partial charge in [-0.05, 0) is 37.5 Å². The molecule has 3 rings (SSSR count). The maximum absolute atomic E-state index is 12.3. The zero-order chi connectivity index (χ0) is 15.5. The van der Waals surface area contributed by atoms with E-state index in [1.54, 1.807) is 11.9 Å². The van der Waals surface area contributed by atoms with Gasteiger partial charge in [-0.25, -0.2) is 0 Å². The molecule has 0 atom stereocenters. The molecule has 1 amide bonds. The molecular formula is C17H21N3O2. The molecule has 0 unspecified atom stereocenters. The molecule has 0 radical (unpaired) electrons. The average molecular weight is 299 g/mol. The van der Waals surface area contributed by atoms with E-state index in [0.29, 0.717) is 24.8 Å². The first kappa shape index (κ1) is 14.6. The summed E-state index contributed by atoms with van der Waals surface area (Å²) in [4.78, 5) is 13.9. The van der Waals surface area contributed by atoms with Crippen LogP contribution in [-0.4, -0.2) is 41.2 Å². The standard InChI is InChI=1S/C17H21N3O2/c1-12-5-3-4-6-16(12)22-10-9-20(2)17(21)15-11-14(18-19-15)13-7-8-13/h3-6,11,13H,7-10H2,1-2H3,(H,18,19). The first-order chi connectivity index (χ1) is 10.6. The van der Waals surface area contributed by atoms with Crippen LogP contribution in [0.25, 0.3) is 0 Å². The smallest absolute Gasteiger partial charge is 0.274 e. The Morgan fingerprint density at radius 2 is 2.18 bits per heavy atom. The summed E-state index contributed by atoms with van der Waals surface area (Å²) in [6.45, 7) is 3.00. The molecule has 1 fully saturated rings. The van der Waals surface area contributed by atoms with E-state index in [9.17, 15) is 4.79 Å². The van der Waals surface area contributed by atoms with Gasteiger partial charge in [0.05, 0.1) is 6.54 Å². The Labute approximate surface area is 130 Å². The topological polar surface area (TPSA) is 58.2 Å². The molecule has 1 aromatic carbocycles. The zero-order valence-corrected chi connectivity index (χ0v) is 13.0. The maximum atomic E-state index is 12.3. The van der Waals surface area contributed by atoms with Crippen molar-refractivity contribution in [2.45, 2.75) is 25.7 Å². The van der Waals surface area contributed by atoms with Crippen molar-refractivity contribution in [3.63, 3.8) is 0 Å². The lowest BCUT2D eigenvalue weighted by molar-refractivity contribution is 0.0768. The summed E-state index contributed by atoms with van der Waals surface area (Å²) in [6.07, 6.45) is 2.38. The predicted molar refractivity (Wildman–Crippen MR) is 84.2 cm³/mol. The van der Waals surface area contributed by atoms with Crippen LogP contribution >= 0.6 is 0 Å². The Balaban J connectivity index is 1.51. The number of benzene rings is 1. The minimum atomic E-state index is -0.0727. The number of rotatable bonds is 6. The molecular weight excluding hydrogens is 278 g/mol. The second-order valence-electron chi connectivity index (χ2n) is 5.82. The number of H-pyrrole nitrogens is 1. The molecule has 1 aliphatic rings. The lowest BCUT2D eigenvalue weighted by Crippen LogP contribution is -2.31. The highest BCUT2D eigenvalue weighted by Gasteiger charge is 2.27. The van der Waals surface area contributed by atoms with Crippen molar-refractivity contribution in [1.29, 1.82) is 0 Å². The molecule has 0 bridgehead atoms. The second-order valence-corrected chi connectivity index (χ2v) is 5.82. The molecule has 1 N–H and O–H groups in total. The SMILES string of the molecule is Cc1ccccc1OCCN(C)C(=O)c1cc(C2CC2)[nH]n1. The van der Waals surface area contributed by atoms with Gasteiger partial charge in [0.25, 0.3) is 5.91 Å². The van der Waals surface area contributed by atoms with E-state index < -0.39 is 0 Å². The molecule has 5 nitrogen and oxygen atoms in total. The highest BCUT2D eigenvalue weighted by atomic mass is 16.5. The quantitative estimate of drug-likeness (QED) is 0.892. The number of amides is 1. The summed E-state index contributed by atoms with van der Waals surface area (Å²) >= 11 is 0. The van der Waals surface area contributed by atoms with E-state index >= 15 is 0 Å². The van der Waals surface area contributed by atoms with E-state index in [4.69, 9.17) is 4.74 Å². The molecule has 22 heavy (non-hydrogen) atoms. The molecule has 1 saturated carbocycles. The number of carbonyl (C=O) groups excluding carboxylic acids is 1. The number of aromatic nitrogens is 2. The summed E-state index contributed by atoms with van der Waals surface area (Å²) in [7, 11) is 1.77. The highest BCUT2D eigenvalue weighted by Crippen LogP contribution is 2.39. The Hall–Kier alpha value is -2.30. The zero-order valence-electron chi connectivity index (χ0n) is 13.0. The van der Waals surface area contributed by atoms with Gasteiger partial charge in [-0.1, -0.05) is 18.2 Å². The van der Waals surface area contributed by atoms with Gasteiger partial charge in [-0.3, -0.25) is 9.89 Å². The number of aryl methyl sites for hydroxylation is 1. The Kier molecular flexibility index (Phi) is 4.13. The summed E-state index contributed by atoms with van der Waals surface area (Å²) < 4.78 is 5.72. The summed E-state index contributed by atoms with van der Waals surface area (Å²) in [5.74, 6) is 1.36. The summed E-state index contributed by atoms with van der Waals surface area (Å²) in [6, 6.07) is 9.74. The number of nitrogens with zero attached hydrogens (tertiary/aromatic N) is 2. The van der Waals surface area contributed by atoms with Crippen molar-refractivity contribution >= 4 is 5.91 Å². The van der Waals surface area contributed by atoms with Gasteiger partial charge in [0.1, 0.15) is 18.1 Å². The van der Waals surface area contributed by atoms with Gasteiger partial charge in [0, 0.05) is 18.7 Å². The van der Waals surface area contributed by atoms with Gasteiger partial charge in [0.2, 0.25) is 0 Å². The Morgan fingerprint density at radius 3 is 2.91 bits per heavy atom. The molecule has 2 aromatic rings. The van der Waals surface area contributed by atoms with Gasteiger partial charge in [0.15, 0.2) is 0 Å². The maximum Gasteiger partial charge on any atom is 0.274 e. The highest BCUT2D eigenvalue weighted by molar-refractivity contribution is 5.92. The largest absolute Gasteiger partial charge is 0.491 e. The number of hydrogen-bond acceptors (Lipinski definition) is 3. The number of ether oxygens (including phenoxy) is 1. The Bertz CT molecular complexity index is 661. The van der Waals surface area contributed by atoms with Crippen molar-refractivity contribution in [1.82, 2.24) is 15.1 Å². The van der Waals surface area contributed by atoms with Crippen LogP contribution in [0.2, 0.25) is 0 Å². The van der Waals surface area contributed by atoms with E-state index in [2.05, 4.69) is 10.2 Å². The van der Waals surface area contributed by atoms with Crippen molar-refractivity contribution < 1.29 is 9.53 Å². The third-order valence-corrected chi connectivity index (χ3v) is 3.96. The molecule has 1 aromatic heterocycles. The fourth-order valence-corrected chi connectivity index (χ4v) is 2.36. The van der Waals surface area contributed by atoms with Gasteiger partial charge >= 0.3 is 0 Å². The van der Waals surface area contributed by atoms with Crippen LogP contribution in [0.5, 0.6) is 5.75 Å². The molecule has 116 valence electrons. The van der Waals surface area contributed by atoms with Crippen LogP contribution in [0.4, 0.5) is 0 Å². The molecule has 0 spiro atoms. The van der Waals surface area contributed by atoms with E-state index in [-0.39, 0.29) is 5.91 Å². The first-order valence-electron chi connectivity index (χ1n) is 7.64. The van der Waals surface area contributed by atoms with E-state index in [1.165, 1.54) is 12.8 Å². The van der Waals surface area contributed by atoms with Gasteiger partial charge in [-0.15, -0.1) is 0 Å². The molecule has 1 heterocycles. The van der Waals surface area contributed by atoms with E-state index in [1.807, 2.05) is 37.3 Å². The average Bonchev–Trinajstić information content (AvgIpc) is 3.26. The summed E-state index contributed by atoms with van der Waals surface area (Å²) in [5, 5.41) is 7.09. The fraction of sp³-hybridized carbons (Fsp3) is 0.412. The minimum Gasteiger partial charge on any atom is -0.491 e. The van der Waals surface area contributed by atoms with Crippen LogP contribution in [0.3, 0.4) is 0 Å². The Morgan fingerprint density at radius 1 is 1.41 bits per heavy atom. The van der Waals surface area contributed by atoms with Gasteiger partial charge < -0.3 is 9.64 Å². The van der Waals surface area contributed by atoms with Crippen LogP contribution in [0.1, 0.15) is 40.5 Å². The van der Waals surface area contributed by atoms with Crippen molar-refractivity contribution in [3.05, 3.63) is 47.3 Å². The molecule has 1 aliphatic carbocycles. The number of nitrogens with one attached hydrogen (secondary N) is 1. The monoisotopic (exact) mass is 299 g/mol. The number of aromatic amines is 1. The van der Waals surface area contributed by atoms with Crippen LogP contribution < -0.4 is 4.74 Å². The van der Waals surface area contributed by atoms with Crippen molar-refractivity contribution in [2.75, 3.05) is 20.2 Å². The fourth-order valence-electron chi connectivity index (χ4n) is 2.36. The van der Waals surface area contributed by atoms with Crippen molar-refractivity contribution in [2.24, 2.45) is 0 Å². The van der Waals surface area contributed by atoms with Crippen LogP contribution in [-0.2, 0) is 0 Å². The van der Waals surface area contributed by atoms with Crippen molar-refractivity contribution in [3.8, 4) is 5.75 Å². The molecule has 5 heteroatoms. The second kappa shape index (κ2) is 6.22.